The number of carbonyl (C=O) groups is 1. The lowest BCUT2D eigenvalue weighted by atomic mass is 9.63. The Labute approximate surface area is 203 Å². The molecule has 6 rings (SSSR count). The predicted octanol–water partition coefficient (Wildman–Crippen LogP) is 5.40. The van der Waals surface area contributed by atoms with Gasteiger partial charge in [0.25, 0.3) is 0 Å². The minimum atomic E-state index is -1.01. The van der Waals surface area contributed by atoms with Gasteiger partial charge in [-0.15, -0.1) is 0 Å². The summed E-state index contributed by atoms with van der Waals surface area (Å²) in [5, 5.41) is 0.00346. The molecule has 4 heterocycles. The molecule has 178 valence electrons. The Morgan fingerprint density at radius 1 is 1.00 bits per heavy atom. The van der Waals surface area contributed by atoms with Crippen LogP contribution in [0, 0.1) is 22.9 Å². The number of H-pyrrole nitrogens is 1. The van der Waals surface area contributed by atoms with Gasteiger partial charge < -0.3 is 14.8 Å². The summed E-state index contributed by atoms with van der Waals surface area (Å²) in [5.41, 5.74) is 1.37. The number of pyridine rings is 1. The van der Waals surface area contributed by atoms with Crippen LogP contribution in [0.5, 0.6) is 0 Å². The average Bonchev–Trinajstić information content (AvgIpc) is 3.27. The van der Waals surface area contributed by atoms with Crippen molar-refractivity contribution in [1.29, 1.82) is 0 Å². The lowest BCUT2D eigenvalue weighted by Gasteiger charge is -2.58. The Bertz CT molecular complexity index is 1410. The first-order valence-electron chi connectivity index (χ1n) is 11.2. The first kappa shape index (κ1) is 21.9. The second-order valence-electron chi connectivity index (χ2n) is 8.92. The molecule has 2 aliphatic heterocycles. The Kier molecular flexibility index (Phi) is 5.00. The molecule has 1 N–H and O–H groups in total. The number of piperidine rings is 1. The van der Waals surface area contributed by atoms with Crippen molar-refractivity contribution in [1.82, 2.24) is 15.0 Å². The number of hydrogen-bond acceptors (Lipinski definition) is 4. The second kappa shape index (κ2) is 7.98. The Morgan fingerprint density at radius 3 is 2.51 bits per heavy atom. The van der Waals surface area contributed by atoms with Crippen molar-refractivity contribution in [3.8, 4) is 0 Å². The zero-order valence-corrected chi connectivity index (χ0v) is 19.1. The molecule has 10 heteroatoms. The fourth-order valence-electron chi connectivity index (χ4n) is 5.26. The third-order valence-electron chi connectivity index (χ3n) is 7.04. The monoisotopic (exact) mass is 497 g/mol. The zero-order valence-electron chi connectivity index (χ0n) is 18.3. The topological polar surface area (TPSA) is 65.1 Å². The van der Waals surface area contributed by atoms with Crippen molar-refractivity contribution < 1.29 is 18.0 Å². The number of fused-ring (bicyclic) bond motifs is 1. The van der Waals surface area contributed by atoms with E-state index in [1.165, 1.54) is 23.1 Å². The average molecular weight is 498 g/mol. The van der Waals surface area contributed by atoms with E-state index in [2.05, 4.69) is 15.0 Å². The number of aromatic amines is 1. The molecule has 2 aromatic heterocycles. The fraction of sp³-hybridized carbons (Fsp3) is 0.240. The number of amides is 1. The van der Waals surface area contributed by atoms with E-state index in [4.69, 9.17) is 11.6 Å². The molecule has 4 aromatic rings. The van der Waals surface area contributed by atoms with Gasteiger partial charge in [0, 0.05) is 37.1 Å². The molecule has 0 radical (unpaired) electrons. The summed E-state index contributed by atoms with van der Waals surface area (Å²) in [4.78, 5) is 29.2. The van der Waals surface area contributed by atoms with E-state index in [0.29, 0.717) is 54.3 Å². The molecule has 1 unspecified atom stereocenters. The van der Waals surface area contributed by atoms with Crippen molar-refractivity contribution in [3.05, 3.63) is 82.9 Å². The van der Waals surface area contributed by atoms with Gasteiger partial charge in [-0.05, 0) is 43.2 Å². The summed E-state index contributed by atoms with van der Waals surface area (Å²) in [6.07, 6.45) is 2.68. The number of benzene rings is 2. The molecule has 1 spiro atoms. The minimum absolute atomic E-state index is 0.00346. The maximum absolute atomic E-state index is 14.0. The van der Waals surface area contributed by atoms with Gasteiger partial charge in [-0.25, -0.2) is 18.2 Å². The molecule has 0 bridgehead atoms. The number of aromatic nitrogens is 3. The number of β-lactam (4-membered cyclic amide) rings is 1. The summed E-state index contributed by atoms with van der Waals surface area (Å²) in [7, 11) is 0. The van der Waals surface area contributed by atoms with Crippen LogP contribution in [0.4, 0.5) is 24.8 Å². The van der Waals surface area contributed by atoms with Gasteiger partial charge in [0.1, 0.15) is 5.82 Å². The molecule has 2 fully saturated rings. The zero-order chi connectivity index (χ0) is 24.3. The van der Waals surface area contributed by atoms with E-state index >= 15 is 0 Å². The highest BCUT2D eigenvalue weighted by Crippen LogP contribution is 2.57. The standard InChI is InChI=1S/C25H19ClF3N5O/c26-15-12-20-21(13-17(15)28)32-24(31-20)33-9-6-25(7-10-33)22(19-3-1-2-8-30-19)34(23(25)35)14-4-5-16(27)18(29)11-14/h1-5,8,11-13,22H,6-7,9-10H2,(H,31,32). The quantitative estimate of drug-likeness (QED) is 0.385. The number of nitrogens with zero attached hydrogens (tertiary/aromatic N) is 4. The maximum Gasteiger partial charge on any atom is 0.236 e. The Balaban J connectivity index is 1.30. The third-order valence-corrected chi connectivity index (χ3v) is 7.33. The lowest BCUT2D eigenvalue weighted by Crippen LogP contribution is -2.67. The third kappa shape index (κ3) is 3.36. The van der Waals surface area contributed by atoms with Gasteiger partial charge in [0.15, 0.2) is 11.6 Å². The molecular weight excluding hydrogens is 479 g/mol. The normalized spacial score (nSPS) is 19.4. The van der Waals surface area contributed by atoms with E-state index in [-0.39, 0.29) is 10.9 Å². The van der Waals surface area contributed by atoms with Crippen LogP contribution in [-0.2, 0) is 4.79 Å². The first-order valence-corrected chi connectivity index (χ1v) is 11.5. The van der Waals surface area contributed by atoms with Crippen LogP contribution in [0.3, 0.4) is 0 Å². The molecular formula is C25H19ClF3N5O. The van der Waals surface area contributed by atoms with Crippen LogP contribution >= 0.6 is 11.6 Å². The van der Waals surface area contributed by atoms with E-state index in [9.17, 15) is 18.0 Å². The molecule has 0 saturated carbocycles. The van der Waals surface area contributed by atoms with E-state index in [0.717, 1.165) is 12.1 Å². The van der Waals surface area contributed by atoms with Gasteiger partial charge >= 0.3 is 0 Å². The van der Waals surface area contributed by atoms with Crippen LogP contribution in [0.25, 0.3) is 11.0 Å². The van der Waals surface area contributed by atoms with Gasteiger partial charge in [-0.2, -0.15) is 0 Å². The highest BCUT2D eigenvalue weighted by Gasteiger charge is 2.62. The maximum atomic E-state index is 14.0. The first-order chi connectivity index (χ1) is 16.9. The van der Waals surface area contributed by atoms with Gasteiger partial charge in [0.05, 0.1) is 33.2 Å². The summed E-state index contributed by atoms with van der Waals surface area (Å²) in [5.74, 6) is -2.06. The van der Waals surface area contributed by atoms with Crippen LogP contribution in [0.2, 0.25) is 5.02 Å². The van der Waals surface area contributed by atoms with E-state index in [1.807, 2.05) is 17.0 Å². The van der Waals surface area contributed by atoms with Crippen LogP contribution in [-0.4, -0.2) is 33.9 Å². The number of rotatable bonds is 3. The Morgan fingerprint density at radius 2 is 1.80 bits per heavy atom. The molecule has 6 nitrogen and oxygen atoms in total. The second-order valence-corrected chi connectivity index (χ2v) is 9.32. The summed E-state index contributed by atoms with van der Waals surface area (Å²) in [6.45, 7) is 1.05. The smallest absolute Gasteiger partial charge is 0.236 e. The Hall–Kier alpha value is -3.59. The van der Waals surface area contributed by atoms with Gasteiger partial charge in [0.2, 0.25) is 11.9 Å². The summed E-state index contributed by atoms with van der Waals surface area (Å²) in [6, 6.07) is 11.3. The molecule has 35 heavy (non-hydrogen) atoms. The molecule has 0 aliphatic carbocycles. The molecule has 1 amide bonds. The van der Waals surface area contributed by atoms with Crippen LogP contribution < -0.4 is 9.80 Å². The van der Waals surface area contributed by atoms with Gasteiger partial charge in [-0.1, -0.05) is 17.7 Å². The van der Waals surface area contributed by atoms with Crippen molar-refractivity contribution in [2.75, 3.05) is 22.9 Å². The fourth-order valence-corrected chi connectivity index (χ4v) is 5.41. The van der Waals surface area contributed by atoms with Crippen LogP contribution in [0.15, 0.2) is 54.7 Å². The number of anilines is 2. The van der Waals surface area contributed by atoms with Crippen molar-refractivity contribution in [3.63, 3.8) is 0 Å². The highest BCUT2D eigenvalue weighted by molar-refractivity contribution is 6.31. The van der Waals surface area contributed by atoms with Crippen LogP contribution in [0.1, 0.15) is 24.6 Å². The summed E-state index contributed by atoms with van der Waals surface area (Å²) >= 11 is 5.88. The number of carbonyl (C=O) groups excluding carboxylic acids is 1. The highest BCUT2D eigenvalue weighted by atomic mass is 35.5. The van der Waals surface area contributed by atoms with E-state index < -0.39 is 28.9 Å². The molecule has 1 atom stereocenters. The predicted molar refractivity (Wildman–Crippen MR) is 126 cm³/mol. The molecule has 2 saturated heterocycles. The largest absolute Gasteiger partial charge is 0.342 e. The van der Waals surface area contributed by atoms with Crippen molar-refractivity contribution >= 4 is 40.2 Å². The van der Waals surface area contributed by atoms with Crippen molar-refractivity contribution in [2.45, 2.75) is 18.9 Å². The number of hydrogen-bond donors (Lipinski definition) is 1. The number of nitrogens with one attached hydrogen (secondary N) is 1. The SMILES string of the molecule is O=C1N(c2ccc(F)c(F)c2)C(c2ccccn2)C12CCN(c1nc3cc(Cl)c(F)cc3[nH]1)CC2. The van der Waals surface area contributed by atoms with Gasteiger partial charge in [-0.3, -0.25) is 9.78 Å². The molecule has 2 aromatic carbocycles. The number of imidazole rings is 1. The van der Waals surface area contributed by atoms with Crippen molar-refractivity contribution in [2.24, 2.45) is 5.41 Å². The summed E-state index contributed by atoms with van der Waals surface area (Å²) < 4.78 is 41.4. The lowest BCUT2D eigenvalue weighted by molar-refractivity contribution is -0.142. The van der Waals surface area contributed by atoms with E-state index in [1.54, 1.807) is 12.3 Å². The molecule has 2 aliphatic rings. The number of halogens is 4. The minimum Gasteiger partial charge on any atom is -0.342 e.